The molecule has 0 unspecified atom stereocenters. The van der Waals surface area contributed by atoms with Gasteiger partial charge in [0.05, 0.1) is 30.2 Å². The Hall–Kier alpha value is -2.72. The molecule has 144 valence electrons. The maximum absolute atomic E-state index is 12.7. The molecule has 0 atom stereocenters. The van der Waals surface area contributed by atoms with Crippen molar-refractivity contribution in [2.75, 3.05) is 25.8 Å². The molecule has 0 aliphatic heterocycles. The Morgan fingerprint density at radius 1 is 1.04 bits per heavy atom. The molecule has 1 aromatic heterocycles. The zero-order chi connectivity index (χ0) is 20.4. The van der Waals surface area contributed by atoms with Crippen molar-refractivity contribution in [3.05, 3.63) is 45.8 Å². The summed E-state index contributed by atoms with van der Waals surface area (Å²) in [6, 6.07) is 5.68. The molecule has 1 heterocycles. The number of sulfone groups is 1. The molecule has 27 heavy (non-hydrogen) atoms. The second-order valence-electron chi connectivity index (χ2n) is 5.47. The molecule has 2 aromatic rings. The van der Waals surface area contributed by atoms with Crippen LogP contribution in [0.4, 0.5) is 5.00 Å². The number of ether oxygens (including phenoxy) is 2. The number of carbonyl (C=O) groups is 3. The van der Waals surface area contributed by atoms with Crippen LogP contribution in [0.5, 0.6) is 0 Å². The quantitative estimate of drug-likeness (QED) is 0.750. The van der Waals surface area contributed by atoms with Crippen molar-refractivity contribution < 1.29 is 32.3 Å². The number of carbonyl (C=O) groups excluding carboxylic acids is 3. The van der Waals surface area contributed by atoms with E-state index >= 15 is 0 Å². The van der Waals surface area contributed by atoms with Gasteiger partial charge in [0.1, 0.15) is 9.88 Å². The number of anilines is 1. The molecule has 0 bridgehead atoms. The lowest BCUT2D eigenvalue weighted by molar-refractivity contribution is 0.0601. The van der Waals surface area contributed by atoms with Gasteiger partial charge < -0.3 is 14.8 Å². The standard InChI is InChI=1S/C17H17NO7S2/c1-9-12(16(20)24-2)15(26-13(9)17(21)25-3)18-14(19)10-7-5-6-8-11(10)27(4,22)23/h5-8H,1-4H3,(H,18,19). The Bertz CT molecular complexity index is 1020. The summed E-state index contributed by atoms with van der Waals surface area (Å²) in [6.07, 6.45) is 0.990. The number of rotatable bonds is 5. The van der Waals surface area contributed by atoms with E-state index < -0.39 is 27.7 Å². The number of esters is 2. The number of hydrogen-bond donors (Lipinski definition) is 1. The second-order valence-corrected chi connectivity index (χ2v) is 8.47. The molecule has 0 saturated heterocycles. The first kappa shape index (κ1) is 20.6. The lowest BCUT2D eigenvalue weighted by Gasteiger charge is -2.09. The van der Waals surface area contributed by atoms with E-state index in [-0.39, 0.29) is 25.9 Å². The summed E-state index contributed by atoms with van der Waals surface area (Å²) < 4.78 is 33.2. The Morgan fingerprint density at radius 3 is 2.19 bits per heavy atom. The van der Waals surface area contributed by atoms with Crippen molar-refractivity contribution in [2.24, 2.45) is 0 Å². The predicted molar refractivity (Wildman–Crippen MR) is 99.2 cm³/mol. The fourth-order valence-electron chi connectivity index (χ4n) is 2.38. The zero-order valence-corrected chi connectivity index (χ0v) is 16.6. The molecule has 1 N–H and O–H groups in total. The highest BCUT2D eigenvalue weighted by Gasteiger charge is 2.28. The monoisotopic (exact) mass is 411 g/mol. The van der Waals surface area contributed by atoms with Gasteiger partial charge in [-0.1, -0.05) is 12.1 Å². The normalized spacial score (nSPS) is 11.0. The van der Waals surface area contributed by atoms with Gasteiger partial charge in [-0.05, 0) is 24.6 Å². The Labute approximate surface area is 160 Å². The van der Waals surface area contributed by atoms with Crippen molar-refractivity contribution in [3.8, 4) is 0 Å². The van der Waals surface area contributed by atoms with Crippen molar-refractivity contribution in [2.45, 2.75) is 11.8 Å². The van der Waals surface area contributed by atoms with E-state index in [1.54, 1.807) is 0 Å². The van der Waals surface area contributed by atoms with Gasteiger partial charge in [-0.3, -0.25) is 4.79 Å². The van der Waals surface area contributed by atoms with Crippen molar-refractivity contribution in [1.82, 2.24) is 0 Å². The van der Waals surface area contributed by atoms with Crippen molar-refractivity contribution in [1.29, 1.82) is 0 Å². The fraction of sp³-hybridized carbons (Fsp3) is 0.235. The van der Waals surface area contributed by atoms with Crippen LogP contribution in [0.3, 0.4) is 0 Å². The third-order valence-corrected chi connectivity index (χ3v) is 6.01. The van der Waals surface area contributed by atoms with Crippen LogP contribution in [0.1, 0.15) is 36.0 Å². The van der Waals surface area contributed by atoms with Crippen LogP contribution >= 0.6 is 11.3 Å². The van der Waals surface area contributed by atoms with Crippen molar-refractivity contribution in [3.63, 3.8) is 0 Å². The number of amides is 1. The van der Waals surface area contributed by atoms with Gasteiger partial charge in [0.2, 0.25) is 0 Å². The number of nitrogens with one attached hydrogen (secondary N) is 1. The second kappa shape index (κ2) is 7.89. The first-order chi connectivity index (χ1) is 12.6. The summed E-state index contributed by atoms with van der Waals surface area (Å²) in [5.41, 5.74) is 0.222. The molecule has 0 saturated carbocycles. The minimum Gasteiger partial charge on any atom is -0.465 e. The van der Waals surface area contributed by atoms with Crippen LogP contribution in [0.25, 0.3) is 0 Å². The van der Waals surface area contributed by atoms with Gasteiger partial charge in [-0.25, -0.2) is 18.0 Å². The highest BCUT2D eigenvalue weighted by molar-refractivity contribution is 7.90. The van der Waals surface area contributed by atoms with Crippen molar-refractivity contribution >= 4 is 44.0 Å². The van der Waals surface area contributed by atoms with E-state index in [2.05, 4.69) is 10.1 Å². The van der Waals surface area contributed by atoms with Gasteiger partial charge in [0.15, 0.2) is 9.84 Å². The van der Waals surface area contributed by atoms with E-state index in [1.165, 1.54) is 45.4 Å². The molecule has 10 heteroatoms. The molecule has 0 aliphatic carbocycles. The van der Waals surface area contributed by atoms with Crippen LogP contribution in [0.15, 0.2) is 29.2 Å². The lowest BCUT2D eigenvalue weighted by atomic mass is 10.1. The number of hydrogen-bond acceptors (Lipinski definition) is 8. The maximum atomic E-state index is 12.7. The van der Waals surface area contributed by atoms with Gasteiger partial charge in [-0.2, -0.15) is 0 Å². The third kappa shape index (κ3) is 4.17. The van der Waals surface area contributed by atoms with Gasteiger partial charge in [-0.15, -0.1) is 11.3 Å². The van der Waals surface area contributed by atoms with Crippen LogP contribution in [0.2, 0.25) is 0 Å². The summed E-state index contributed by atoms with van der Waals surface area (Å²) in [4.78, 5) is 36.7. The highest BCUT2D eigenvalue weighted by Crippen LogP contribution is 2.34. The van der Waals surface area contributed by atoms with Crippen LogP contribution in [-0.2, 0) is 19.3 Å². The van der Waals surface area contributed by atoms with Crippen LogP contribution < -0.4 is 5.32 Å². The largest absolute Gasteiger partial charge is 0.465 e. The average molecular weight is 411 g/mol. The molecule has 0 aliphatic rings. The zero-order valence-electron chi connectivity index (χ0n) is 15.0. The molecule has 1 amide bonds. The smallest absolute Gasteiger partial charge is 0.348 e. The summed E-state index contributed by atoms with van der Waals surface area (Å²) in [5, 5.41) is 2.56. The highest BCUT2D eigenvalue weighted by atomic mass is 32.2. The fourth-order valence-corrected chi connectivity index (χ4v) is 4.38. The van der Waals surface area contributed by atoms with E-state index in [4.69, 9.17) is 4.74 Å². The summed E-state index contributed by atoms with van der Waals surface area (Å²) in [5.74, 6) is -2.15. The molecule has 2 rings (SSSR count). The maximum Gasteiger partial charge on any atom is 0.348 e. The minimum atomic E-state index is -3.65. The van der Waals surface area contributed by atoms with Crippen LogP contribution in [-0.4, -0.2) is 46.7 Å². The van der Waals surface area contributed by atoms with E-state index in [9.17, 15) is 22.8 Å². The minimum absolute atomic E-state index is 0.00749. The van der Waals surface area contributed by atoms with Gasteiger partial charge in [0.25, 0.3) is 5.91 Å². The number of methoxy groups -OCH3 is 2. The average Bonchev–Trinajstić information content (AvgIpc) is 2.95. The first-order valence-electron chi connectivity index (χ1n) is 7.52. The van der Waals surface area contributed by atoms with E-state index in [1.807, 2.05) is 0 Å². The number of benzene rings is 1. The van der Waals surface area contributed by atoms with E-state index in [0.717, 1.165) is 17.6 Å². The summed E-state index contributed by atoms with van der Waals surface area (Å²) in [7, 11) is -1.28. The molecule has 1 aromatic carbocycles. The Balaban J connectivity index is 2.53. The Kier molecular flexibility index (Phi) is 6.01. The molecule has 0 spiro atoms. The summed E-state index contributed by atoms with van der Waals surface area (Å²) in [6.45, 7) is 1.52. The van der Waals surface area contributed by atoms with Crippen LogP contribution in [0, 0.1) is 6.92 Å². The first-order valence-corrected chi connectivity index (χ1v) is 10.2. The SMILES string of the molecule is COC(=O)c1sc(NC(=O)c2ccccc2S(C)(=O)=O)c(C(=O)OC)c1C. The third-order valence-electron chi connectivity index (χ3n) is 3.67. The molecule has 0 fully saturated rings. The Morgan fingerprint density at radius 2 is 1.63 bits per heavy atom. The number of thiophene rings is 1. The van der Waals surface area contributed by atoms with Gasteiger partial charge >= 0.3 is 11.9 Å². The molecular formula is C17H17NO7S2. The molecule has 0 radical (unpaired) electrons. The van der Waals surface area contributed by atoms with E-state index in [0.29, 0.717) is 5.56 Å². The molecule has 8 nitrogen and oxygen atoms in total. The topological polar surface area (TPSA) is 116 Å². The molecular weight excluding hydrogens is 394 g/mol. The van der Waals surface area contributed by atoms with Gasteiger partial charge in [0, 0.05) is 6.26 Å². The lowest BCUT2D eigenvalue weighted by Crippen LogP contribution is -2.17. The predicted octanol–water partition coefficient (Wildman–Crippen LogP) is 2.29. The summed E-state index contributed by atoms with van der Waals surface area (Å²) >= 11 is 0.842.